The fourth-order valence-corrected chi connectivity index (χ4v) is 2.54. The maximum Gasteiger partial charge on any atom is 0.341 e. The number of pyridine rings is 1. The monoisotopic (exact) mass is 416 g/mol. The number of halogens is 2. The van der Waals surface area contributed by atoms with E-state index < -0.39 is 11.8 Å². The highest BCUT2D eigenvalue weighted by Gasteiger charge is 2.19. The lowest BCUT2D eigenvalue weighted by Crippen LogP contribution is -2.25. The molecule has 116 valence electrons. The van der Waals surface area contributed by atoms with E-state index in [-0.39, 0.29) is 22.6 Å². The second-order valence-corrected chi connectivity index (χ2v) is 5.83. The van der Waals surface area contributed by atoms with Crippen molar-refractivity contribution in [2.45, 2.75) is 6.92 Å². The molecule has 0 atom stereocenters. The van der Waals surface area contributed by atoms with Crippen LogP contribution in [0, 0.1) is 16.3 Å². The molecule has 0 amide bonds. The maximum absolute atomic E-state index is 14.1. The van der Waals surface area contributed by atoms with Gasteiger partial charge in [0, 0.05) is 12.6 Å². The summed E-state index contributed by atoms with van der Waals surface area (Å²) in [7, 11) is 2.76. The first-order valence-corrected chi connectivity index (χ1v) is 7.44. The van der Waals surface area contributed by atoms with Crippen molar-refractivity contribution in [1.29, 1.82) is 0 Å². The number of benzene rings is 1. The molecule has 0 fully saturated rings. The van der Waals surface area contributed by atoms with Crippen LogP contribution in [0.15, 0.2) is 29.1 Å². The van der Waals surface area contributed by atoms with Crippen molar-refractivity contribution >= 4 is 40.1 Å². The number of aromatic nitrogens is 1. The number of aryl methyl sites for hydroxylation is 1. The van der Waals surface area contributed by atoms with E-state index in [4.69, 9.17) is 4.74 Å². The number of ether oxygens (including phenoxy) is 1. The van der Waals surface area contributed by atoms with Crippen molar-refractivity contribution < 1.29 is 13.9 Å². The van der Waals surface area contributed by atoms with Gasteiger partial charge < -0.3 is 10.1 Å². The van der Waals surface area contributed by atoms with Crippen molar-refractivity contribution in [3.63, 3.8) is 0 Å². The summed E-state index contributed by atoms with van der Waals surface area (Å²) < 4.78 is 20.6. The molecule has 1 heterocycles. The van der Waals surface area contributed by atoms with Gasteiger partial charge in [-0.3, -0.25) is 9.36 Å². The molecule has 5 nitrogen and oxygen atoms in total. The molecule has 0 spiro atoms. The van der Waals surface area contributed by atoms with Crippen LogP contribution in [0.2, 0.25) is 0 Å². The van der Waals surface area contributed by atoms with E-state index in [1.165, 1.54) is 30.9 Å². The van der Waals surface area contributed by atoms with E-state index in [1.807, 2.05) is 22.6 Å². The normalized spacial score (nSPS) is 10.4. The van der Waals surface area contributed by atoms with E-state index in [2.05, 4.69) is 5.32 Å². The Kier molecular flexibility index (Phi) is 4.84. The van der Waals surface area contributed by atoms with Gasteiger partial charge in [-0.05, 0) is 47.7 Å². The molecule has 1 aromatic heterocycles. The first kappa shape index (κ1) is 16.5. The molecule has 2 rings (SSSR count). The summed E-state index contributed by atoms with van der Waals surface area (Å²) in [6, 6.07) is 6.26. The van der Waals surface area contributed by atoms with Crippen LogP contribution < -0.4 is 10.9 Å². The van der Waals surface area contributed by atoms with Crippen molar-refractivity contribution in [2.24, 2.45) is 7.05 Å². The van der Waals surface area contributed by atoms with Gasteiger partial charge in [-0.25, -0.2) is 9.18 Å². The third-order valence-corrected chi connectivity index (χ3v) is 4.04. The number of carbonyl (C=O) groups excluding carboxylic acids is 1. The molecule has 1 N–H and O–H groups in total. The first-order chi connectivity index (χ1) is 10.4. The lowest BCUT2D eigenvalue weighted by atomic mass is 10.2. The number of methoxy groups -OCH3 is 1. The quantitative estimate of drug-likeness (QED) is 0.618. The summed E-state index contributed by atoms with van der Waals surface area (Å²) in [5.41, 5.74) is 0.467. The Morgan fingerprint density at radius 1 is 1.41 bits per heavy atom. The number of nitrogens with zero attached hydrogens (tertiary/aromatic N) is 1. The summed E-state index contributed by atoms with van der Waals surface area (Å²) in [6.07, 6.45) is 0. The van der Waals surface area contributed by atoms with E-state index in [1.54, 1.807) is 19.1 Å². The summed E-state index contributed by atoms with van der Waals surface area (Å²) >= 11 is 1.87. The van der Waals surface area contributed by atoms with Gasteiger partial charge in [0.05, 0.1) is 16.4 Å². The van der Waals surface area contributed by atoms with Crippen molar-refractivity contribution in [3.8, 4) is 0 Å². The Morgan fingerprint density at radius 3 is 2.73 bits per heavy atom. The number of nitrogens with one attached hydrogen (secondary N) is 1. The van der Waals surface area contributed by atoms with Gasteiger partial charge in [0.15, 0.2) is 5.82 Å². The summed E-state index contributed by atoms with van der Waals surface area (Å²) in [5.74, 6) is -0.873. The highest BCUT2D eigenvalue weighted by atomic mass is 127. The molecular formula is C15H14FIN2O3. The SMILES string of the molecule is COC(=O)c1cc(C)c(=O)n(C)c1Nc1cccc(I)c1F. The van der Waals surface area contributed by atoms with E-state index in [0.717, 1.165) is 0 Å². The van der Waals surface area contributed by atoms with Crippen LogP contribution >= 0.6 is 22.6 Å². The van der Waals surface area contributed by atoms with Crippen LogP contribution in [0.1, 0.15) is 15.9 Å². The molecule has 0 saturated carbocycles. The Labute approximate surface area is 140 Å². The van der Waals surface area contributed by atoms with Crippen LogP contribution in [0.3, 0.4) is 0 Å². The van der Waals surface area contributed by atoms with Crippen molar-refractivity contribution in [3.05, 3.63) is 55.1 Å². The smallest absolute Gasteiger partial charge is 0.341 e. The Morgan fingerprint density at radius 2 is 2.09 bits per heavy atom. The standard InChI is InChI=1S/C15H14FIN2O3/c1-8-7-9(15(21)22-3)13(19(2)14(8)20)18-11-6-4-5-10(17)12(11)16/h4-7,18H,1-3H3. The number of carbonyl (C=O) groups is 1. The maximum atomic E-state index is 14.1. The Bertz CT molecular complexity index is 802. The molecular weight excluding hydrogens is 402 g/mol. The minimum Gasteiger partial charge on any atom is -0.465 e. The van der Waals surface area contributed by atoms with Gasteiger partial charge in [-0.1, -0.05) is 6.07 Å². The van der Waals surface area contributed by atoms with Crippen molar-refractivity contribution in [1.82, 2.24) is 4.57 Å². The molecule has 0 bridgehead atoms. The van der Waals surface area contributed by atoms with Crippen LogP contribution in [0.4, 0.5) is 15.9 Å². The second-order valence-electron chi connectivity index (χ2n) is 4.67. The molecule has 0 unspecified atom stereocenters. The molecule has 0 aliphatic rings. The van der Waals surface area contributed by atoms with Gasteiger partial charge in [0.2, 0.25) is 0 Å². The predicted molar refractivity (Wildman–Crippen MR) is 90.2 cm³/mol. The van der Waals surface area contributed by atoms with Gasteiger partial charge >= 0.3 is 5.97 Å². The number of rotatable bonds is 3. The number of hydrogen-bond donors (Lipinski definition) is 1. The highest BCUT2D eigenvalue weighted by molar-refractivity contribution is 14.1. The molecule has 22 heavy (non-hydrogen) atoms. The molecule has 2 aromatic rings. The van der Waals surface area contributed by atoms with E-state index in [9.17, 15) is 14.0 Å². The zero-order chi connectivity index (χ0) is 16.4. The fourth-order valence-electron chi connectivity index (χ4n) is 2.04. The molecule has 0 radical (unpaired) electrons. The zero-order valence-corrected chi connectivity index (χ0v) is 14.4. The zero-order valence-electron chi connectivity index (χ0n) is 12.2. The average Bonchev–Trinajstić information content (AvgIpc) is 2.51. The van der Waals surface area contributed by atoms with Crippen LogP contribution in [0.5, 0.6) is 0 Å². The molecule has 0 aliphatic heterocycles. The predicted octanol–water partition coefficient (Wildman–Crippen LogP) is 2.97. The molecule has 1 aromatic carbocycles. The summed E-state index contributed by atoms with van der Waals surface area (Å²) in [4.78, 5) is 24.0. The van der Waals surface area contributed by atoms with E-state index in [0.29, 0.717) is 9.13 Å². The third-order valence-electron chi connectivity index (χ3n) is 3.20. The van der Waals surface area contributed by atoms with Gasteiger partial charge in [0.25, 0.3) is 5.56 Å². The molecule has 0 aliphatic carbocycles. The van der Waals surface area contributed by atoms with Gasteiger partial charge in [-0.15, -0.1) is 0 Å². The first-order valence-electron chi connectivity index (χ1n) is 6.36. The number of esters is 1. The third kappa shape index (κ3) is 2.99. The molecule has 7 heteroatoms. The topological polar surface area (TPSA) is 60.3 Å². The van der Waals surface area contributed by atoms with Crippen LogP contribution in [-0.4, -0.2) is 17.6 Å². The number of hydrogen-bond acceptors (Lipinski definition) is 4. The van der Waals surface area contributed by atoms with Gasteiger partial charge in [-0.2, -0.15) is 0 Å². The largest absolute Gasteiger partial charge is 0.465 e. The average molecular weight is 416 g/mol. The molecule has 0 saturated heterocycles. The summed E-state index contributed by atoms with van der Waals surface area (Å²) in [5, 5.41) is 2.82. The number of anilines is 2. The Hall–Kier alpha value is -1.90. The van der Waals surface area contributed by atoms with Gasteiger partial charge in [0.1, 0.15) is 11.4 Å². The Balaban J connectivity index is 2.63. The highest BCUT2D eigenvalue weighted by Crippen LogP contribution is 2.25. The fraction of sp³-hybridized carbons (Fsp3) is 0.200. The van der Waals surface area contributed by atoms with E-state index >= 15 is 0 Å². The van der Waals surface area contributed by atoms with Crippen LogP contribution in [-0.2, 0) is 11.8 Å². The van der Waals surface area contributed by atoms with Crippen molar-refractivity contribution in [2.75, 3.05) is 12.4 Å². The lowest BCUT2D eigenvalue weighted by molar-refractivity contribution is 0.0601. The summed E-state index contributed by atoms with van der Waals surface area (Å²) in [6.45, 7) is 1.60. The van der Waals surface area contributed by atoms with Crippen LogP contribution in [0.25, 0.3) is 0 Å². The minimum absolute atomic E-state index is 0.167. The lowest BCUT2D eigenvalue weighted by Gasteiger charge is -2.16. The second kappa shape index (κ2) is 6.47. The minimum atomic E-state index is -0.604.